The van der Waals surface area contributed by atoms with Gasteiger partial charge in [-0.2, -0.15) is 5.26 Å². The molecule has 0 aliphatic heterocycles. The van der Waals surface area contributed by atoms with Crippen molar-refractivity contribution in [1.82, 2.24) is 0 Å². The molecule has 0 unspecified atom stereocenters. The zero-order chi connectivity index (χ0) is 21.6. The standard InChI is InChI=1S/C24H21NO3S2/c1-18-8-11-21(12-9-18)29-17-20-14-19(10-13-24(20)28-2)15-23(16-25)30(26,27)22-6-4-3-5-7-22/h3-15H,17H2,1-2H3. The number of thioether (sulfide) groups is 1. The molecule has 0 aliphatic carbocycles. The molecule has 0 fully saturated rings. The van der Waals surface area contributed by atoms with Crippen LogP contribution in [0.4, 0.5) is 0 Å². The summed E-state index contributed by atoms with van der Waals surface area (Å²) in [4.78, 5) is 0.936. The fraction of sp³-hybridized carbons (Fsp3) is 0.125. The minimum Gasteiger partial charge on any atom is -0.496 e. The van der Waals surface area contributed by atoms with Gasteiger partial charge in [-0.25, -0.2) is 8.42 Å². The van der Waals surface area contributed by atoms with Crippen LogP contribution in [-0.2, 0) is 15.6 Å². The van der Waals surface area contributed by atoms with Crippen molar-refractivity contribution in [3.8, 4) is 11.8 Å². The molecule has 4 nitrogen and oxygen atoms in total. The van der Waals surface area contributed by atoms with Gasteiger partial charge in [0.1, 0.15) is 16.7 Å². The lowest BCUT2D eigenvalue weighted by molar-refractivity contribution is 0.411. The molecule has 0 heterocycles. The molecule has 0 N–H and O–H groups in total. The third-order valence-electron chi connectivity index (χ3n) is 4.47. The van der Waals surface area contributed by atoms with Crippen LogP contribution >= 0.6 is 11.8 Å². The number of sulfone groups is 1. The molecule has 0 aromatic heterocycles. The summed E-state index contributed by atoms with van der Waals surface area (Å²) in [5.41, 5.74) is 2.75. The Kier molecular flexibility index (Phi) is 6.99. The van der Waals surface area contributed by atoms with Crippen LogP contribution in [0.1, 0.15) is 16.7 Å². The van der Waals surface area contributed by atoms with Crippen LogP contribution in [0.5, 0.6) is 5.75 Å². The molecule has 0 radical (unpaired) electrons. The Bertz CT molecular complexity index is 1190. The van der Waals surface area contributed by atoms with Gasteiger partial charge in [0.25, 0.3) is 0 Å². The summed E-state index contributed by atoms with van der Waals surface area (Å²) in [6.45, 7) is 2.05. The van der Waals surface area contributed by atoms with Crippen LogP contribution in [0.15, 0.2) is 87.5 Å². The Morgan fingerprint density at radius 1 is 1.07 bits per heavy atom. The first-order valence-electron chi connectivity index (χ1n) is 9.22. The molecule has 0 spiro atoms. The monoisotopic (exact) mass is 435 g/mol. The first-order chi connectivity index (χ1) is 14.4. The highest BCUT2D eigenvalue weighted by molar-refractivity contribution is 7.98. The van der Waals surface area contributed by atoms with Crippen molar-refractivity contribution in [3.05, 3.63) is 94.4 Å². The van der Waals surface area contributed by atoms with E-state index in [0.717, 1.165) is 16.2 Å². The molecule has 3 aromatic rings. The second-order valence-electron chi connectivity index (χ2n) is 6.61. The van der Waals surface area contributed by atoms with Crippen molar-refractivity contribution in [2.24, 2.45) is 0 Å². The smallest absolute Gasteiger partial charge is 0.216 e. The second kappa shape index (κ2) is 9.66. The molecule has 0 bridgehead atoms. The van der Waals surface area contributed by atoms with E-state index >= 15 is 0 Å². The van der Waals surface area contributed by atoms with Gasteiger partial charge in [-0.3, -0.25) is 0 Å². The number of benzene rings is 3. The molecule has 30 heavy (non-hydrogen) atoms. The fourth-order valence-corrected chi connectivity index (χ4v) is 4.90. The van der Waals surface area contributed by atoms with E-state index in [1.54, 1.807) is 49.2 Å². The number of hydrogen-bond donors (Lipinski definition) is 0. The van der Waals surface area contributed by atoms with Gasteiger partial charge in [0.15, 0.2) is 0 Å². The lowest BCUT2D eigenvalue weighted by Gasteiger charge is -2.10. The number of ether oxygens (including phenoxy) is 1. The third-order valence-corrected chi connectivity index (χ3v) is 7.21. The predicted molar refractivity (Wildman–Crippen MR) is 121 cm³/mol. The number of methoxy groups -OCH3 is 1. The van der Waals surface area contributed by atoms with E-state index in [1.165, 1.54) is 23.8 Å². The quantitative estimate of drug-likeness (QED) is 0.355. The lowest BCUT2D eigenvalue weighted by Crippen LogP contribution is -2.03. The lowest BCUT2D eigenvalue weighted by atomic mass is 10.1. The van der Waals surface area contributed by atoms with Gasteiger partial charge in [0, 0.05) is 16.2 Å². The Labute approximate surface area is 181 Å². The zero-order valence-corrected chi connectivity index (χ0v) is 18.3. The number of allylic oxidation sites excluding steroid dienone is 1. The van der Waals surface area contributed by atoms with Crippen LogP contribution in [0.3, 0.4) is 0 Å². The normalized spacial score (nSPS) is 11.7. The first-order valence-corrected chi connectivity index (χ1v) is 11.7. The largest absolute Gasteiger partial charge is 0.496 e. The highest BCUT2D eigenvalue weighted by Crippen LogP contribution is 2.30. The average Bonchev–Trinajstić information content (AvgIpc) is 2.77. The number of aryl methyl sites for hydroxylation is 1. The van der Waals surface area contributed by atoms with Gasteiger partial charge >= 0.3 is 0 Å². The van der Waals surface area contributed by atoms with Crippen molar-refractivity contribution >= 4 is 27.7 Å². The minimum atomic E-state index is -3.87. The van der Waals surface area contributed by atoms with E-state index in [2.05, 4.69) is 24.3 Å². The van der Waals surface area contributed by atoms with Crippen molar-refractivity contribution in [2.45, 2.75) is 22.5 Å². The molecule has 0 amide bonds. The third kappa shape index (κ3) is 5.12. The van der Waals surface area contributed by atoms with Crippen LogP contribution in [0, 0.1) is 18.3 Å². The highest BCUT2D eigenvalue weighted by Gasteiger charge is 2.20. The maximum Gasteiger partial charge on any atom is 0.216 e. The Morgan fingerprint density at radius 3 is 2.40 bits per heavy atom. The van der Waals surface area contributed by atoms with E-state index in [0.29, 0.717) is 11.3 Å². The topological polar surface area (TPSA) is 67.2 Å². The number of nitriles is 1. The predicted octanol–water partition coefficient (Wildman–Crippen LogP) is 5.63. The van der Waals surface area contributed by atoms with E-state index in [9.17, 15) is 13.7 Å². The Morgan fingerprint density at radius 2 is 1.77 bits per heavy atom. The van der Waals surface area contributed by atoms with Crippen LogP contribution in [0.2, 0.25) is 0 Å². The molecular formula is C24H21NO3S2. The maximum atomic E-state index is 12.8. The van der Waals surface area contributed by atoms with E-state index in [1.807, 2.05) is 19.1 Å². The van der Waals surface area contributed by atoms with Crippen molar-refractivity contribution in [1.29, 1.82) is 5.26 Å². The summed E-state index contributed by atoms with van der Waals surface area (Å²) >= 11 is 1.66. The van der Waals surface area contributed by atoms with Gasteiger partial charge in [-0.15, -0.1) is 11.8 Å². The molecule has 6 heteroatoms. The summed E-state index contributed by atoms with van der Waals surface area (Å²) < 4.78 is 31.0. The summed E-state index contributed by atoms with van der Waals surface area (Å²) in [5.74, 6) is 1.37. The van der Waals surface area contributed by atoms with E-state index in [-0.39, 0.29) is 9.80 Å². The van der Waals surface area contributed by atoms with Crippen molar-refractivity contribution < 1.29 is 13.2 Å². The SMILES string of the molecule is COc1ccc(C=C(C#N)S(=O)(=O)c2ccccc2)cc1CSc1ccc(C)cc1. The Hall–Kier alpha value is -3.01. The van der Waals surface area contributed by atoms with Crippen molar-refractivity contribution in [3.63, 3.8) is 0 Å². The molecule has 0 saturated carbocycles. The molecule has 0 atom stereocenters. The molecule has 0 aliphatic rings. The molecule has 3 rings (SSSR count). The van der Waals surface area contributed by atoms with Gasteiger partial charge in [-0.1, -0.05) is 42.0 Å². The first kappa shape index (κ1) is 21.7. The summed E-state index contributed by atoms with van der Waals surface area (Å²) in [6.07, 6.45) is 1.40. The van der Waals surface area contributed by atoms with Gasteiger partial charge in [0.05, 0.1) is 12.0 Å². The van der Waals surface area contributed by atoms with Gasteiger partial charge in [0.2, 0.25) is 9.84 Å². The fourth-order valence-electron chi connectivity index (χ4n) is 2.84. The average molecular weight is 436 g/mol. The summed E-state index contributed by atoms with van der Waals surface area (Å²) in [5, 5.41) is 9.50. The zero-order valence-electron chi connectivity index (χ0n) is 16.7. The van der Waals surface area contributed by atoms with E-state index < -0.39 is 9.84 Å². The minimum absolute atomic E-state index is 0.0986. The maximum absolute atomic E-state index is 12.8. The Balaban J connectivity index is 1.91. The number of rotatable bonds is 7. The van der Waals surface area contributed by atoms with Gasteiger partial charge in [-0.05, 0) is 55.0 Å². The molecule has 3 aromatic carbocycles. The summed E-state index contributed by atoms with van der Waals surface area (Å²) in [6, 6.07) is 23.5. The van der Waals surface area contributed by atoms with Crippen LogP contribution in [-0.4, -0.2) is 15.5 Å². The molecule has 0 saturated heterocycles. The number of hydrogen-bond acceptors (Lipinski definition) is 5. The number of nitrogens with zero attached hydrogens (tertiary/aromatic N) is 1. The summed E-state index contributed by atoms with van der Waals surface area (Å²) in [7, 11) is -2.27. The second-order valence-corrected chi connectivity index (χ2v) is 9.58. The van der Waals surface area contributed by atoms with Gasteiger partial charge < -0.3 is 4.74 Å². The van der Waals surface area contributed by atoms with Crippen molar-refractivity contribution in [2.75, 3.05) is 7.11 Å². The van der Waals surface area contributed by atoms with Crippen LogP contribution < -0.4 is 4.74 Å². The van der Waals surface area contributed by atoms with E-state index in [4.69, 9.17) is 4.74 Å². The van der Waals surface area contributed by atoms with Crippen LogP contribution in [0.25, 0.3) is 6.08 Å². The molecular weight excluding hydrogens is 414 g/mol. The molecule has 152 valence electrons. The highest BCUT2D eigenvalue weighted by atomic mass is 32.2.